The molecular weight excluding hydrogens is 500 g/mol. The van der Waals surface area contributed by atoms with Crippen molar-refractivity contribution in [3.05, 3.63) is 58.6 Å². The standard InChI is InChI=1S/C28H36N6O3S/c1-7-34-28(6,20-10-8-19(9-11-20)25-18(5)29-15-38-25)30-26(31-34)22-13-21(35)14-33(22)27(36)24(16(2)3)23-12-17(4)32-37-23/h8-12,15-16,21-22,24,35H,7,13-14H2,1-6H3,(H,30,31)/t21-,22+,24?,28-/m1/s1. The quantitative estimate of drug-likeness (QED) is 0.465. The van der Waals surface area contributed by atoms with Gasteiger partial charge in [-0.25, -0.2) is 4.98 Å². The van der Waals surface area contributed by atoms with Gasteiger partial charge in [0, 0.05) is 25.6 Å². The molecular formula is C28H36N6O3S. The van der Waals surface area contributed by atoms with Crippen LogP contribution in [-0.4, -0.2) is 62.1 Å². The van der Waals surface area contributed by atoms with E-state index in [1.165, 1.54) is 4.88 Å². The van der Waals surface area contributed by atoms with E-state index in [0.29, 0.717) is 24.6 Å². The summed E-state index contributed by atoms with van der Waals surface area (Å²) in [6.45, 7) is 13.0. The van der Waals surface area contributed by atoms with Gasteiger partial charge in [0.05, 0.1) is 33.9 Å². The van der Waals surface area contributed by atoms with Gasteiger partial charge in [0.2, 0.25) is 5.91 Å². The molecule has 2 aliphatic heterocycles. The number of carbonyl (C=O) groups is 1. The molecule has 10 heteroatoms. The molecule has 0 spiro atoms. The SMILES string of the molecule is CCN1N=C([C@@H]2C[C@@H](O)CN2C(=O)C(c2cc(C)no2)C(C)C)N[C@@]1(C)c1ccc(-c2scnc2C)cc1. The number of amidine groups is 1. The second-order valence-corrected chi connectivity index (χ2v) is 11.6. The molecule has 1 aromatic carbocycles. The number of aliphatic hydroxyl groups is 1. The maximum absolute atomic E-state index is 13.9. The Bertz CT molecular complexity index is 1330. The average Bonchev–Trinajstić information content (AvgIpc) is 3.66. The highest BCUT2D eigenvalue weighted by Gasteiger charge is 2.47. The van der Waals surface area contributed by atoms with E-state index in [1.54, 1.807) is 16.2 Å². The van der Waals surface area contributed by atoms with Crippen LogP contribution in [0.3, 0.4) is 0 Å². The minimum Gasteiger partial charge on any atom is -0.391 e. The van der Waals surface area contributed by atoms with Gasteiger partial charge < -0.3 is 19.8 Å². The molecule has 1 amide bonds. The molecule has 5 rings (SSSR count). The van der Waals surface area contributed by atoms with Crippen LogP contribution in [0.15, 0.2) is 45.5 Å². The maximum Gasteiger partial charge on any atom is 0.234 e. The van der Waals surface area contributed by atoms with E-state index >= 15 is 0 Å². The number of rotatable bonds is 7. The Morgan fingerprint density at radius 2 is 2.03 bits per heavy atom. The lowest BCUT2D eigenvalue weighted by atomic mass is 9.91. The number of hydrazone groups is 1. The number of amides is 1. The lowest BCUT2D eigenvalue weighted by molar-refractivity contribution is -0.134. The Labute approximate surface area is 227 Å². The van der Waals surface area contributed by atoms with Crippen LogP contribution in [0.25, 0.3) is 10.4 Å². The summed E-state index contributed by atoms with van der Waals surface area (Å²) in [6, 6.07) is 9.94. The fourth-order valence-corrected chi connectivity index (χ4v) is 6.42. The fourth-order valence-electron chi connectivity index (χ4n) is 5.61. The first-order chi connectivity index (χ1) is 18.1. The molecule has 202 valence electrons. The van der Waals surface area contributed by atoms with Crippen LogP contribution >= 0.6 is 11.3 Å². The van der Waals surface area contributed by atoms with Crippen molar-refractivity contribution < 1.29 is 14.4 Å². The Kier molecular flexibility index (Phi) is 7.04. The number of nitrogens with zero attached hydrogens (tertiary/aromatic N) is 5. The van der Waals surface area contributed by atoms with E-state index in [4.69, 9.17) is 9.62 Å². The topological polar surface area (TPSA) is 107 Å². The van der Waals surface area contributed by atoms with Crippen LogP contribution in [0.1, 0.15) is 62.7 Å². The normalized spacial score (nSPS) is 24.2. The molecule has 1 unspecified atom stereocenters. The van der Waals surface area contributed by atoms with Gasteiger partial charge in [-0.15, -0.1) is 11.3 Å². The molecule has 3 aromatic rings. The highest BCUT2D eigenvalue weighted by atomic mass is 32.1. The Hall–Kier alpha value is -3.24. The molecule has 4 heterocycles. The van der Waals surface area contributed by atoms with Crippen molar-refractivity contribution in [2.24, 2.45) is 11.0 Å². The van der Waals surface area contributed by atoms with Crippen LogP contribution < -0.4 is 5.32 Å². The molecule has 2 aromatic heterocycles. The first-order valence-corrected chi connectivity index (χ1v) is 14.1. The van der Waals surface area contributed by atoms with Crippen molar-refractivity contribution in [2.75, 3.05) is 13.1 Å². The first-order valence-electron chi connectivity index (χ1n) is 13.2. The van der Waals surface area contributed by atoms with Crippen LogP contribution in [0.4, 0.5) is 0 Å². The van der Waals surface area contributed by atoms with Crippen LogP contribution in [0.2, 0.25) is 0 Å². The largest absolute Gasteiger partial charge is 0.391 e. The number of aryl methyl sites for hydroxylation is 2. The predicted octanol–water partition coefficient (Wildman–Crippen LogP) is 4.23. The summed E-state index contributed by atoms with van der Waals surface area (Å²) in [5.41, 5.74) is 5.25. The molecule has 1 saturated heterocycles. The number of carbonyl (C=O) groups excluding carboxylic acids is 1. The van der Waals surface area contributed by atoms with Crippen molar-refractivity contribution in [3.8, 4) is 10.4 Å². The van der Waals surface area contributed by atoms with Gasteiger partial charge in [0.15, 0.2) is 5.66 Å². The molecule has 4 atom stereocenters. The van der Waals surface area contributed by atoms with E-state index in [2.05, 4.69) is 53.6 Å². The van der Waals surface area contributed by atoms with E-state index in [1.807, 2.05) is 44.3 Å². The summed E-state index contributed by atoms with van der Waals surface area (Å²) >= 11 is 1.64. The highest BCUT2D eigenvalue weighted by molar-refractivity contribution is 7.13. The highest BCUT2D eigenvalue weighted by Crippen LogP contribution is 2.36. The third kappa shape index (κ3) is 4.60. The molecule has 0 radical (unpaired) electrons. The number of aliphatic hydroxyl groups excluding tert-OH is 1. The summed E-state index contributed by atoms with van der Waals surface area (Å²) in [7, 11) is 0. The van der Waals surface area contributed by atoms with Crippen molar-refractivity contribution in [2.45, 2.75) is 71.7 Å². The number of thiazole rings is 1. The average molecular weight is 537 g/mol. The summed E-state index contributed by atoms with van der Waals surface area (Å²) in [5, 5.41) is 25.3. The van der Waals surface area contributed by atoms with E-state index in [-0.39, 0.29) is 24.4 Å². The molecule has 9 nitrogen and oxygen atoms in total. The van der Waals surface area contributed by atoms with Crippen molar-refractivity contribution in [3.63, 3.8) is 0 Å². The van der Waals surface area contributed by atoms with Gasteiger partial charge in [-0.2, -0.15) is 5.10 Å². The third-order valence-electron chi connectivity index (χ3n) is 7.63. The monoisotopic (exact) mass is 536 g/mol. The summed E-state index contributed by atoms with van der Waals surface area (Å²) in [5.74, 6) is 0.688. The second kappa shape index (κ2) is 10.1. The smallest absolute Gasteiger partial charge is 0.234 e. The van der Waals surface area contributed by atoms with Gasteiger partial charge in [0.25, 0.3) is 0 Å². The molecule has 0 bridgehead atoms. The van der Waals surface area contributed by atoms with Crippen molar-refractivity contribution in [1.82, 2.24) is 25.4 Å². The number of β-amino-alcohol motifs (C(OH)–C–C–N with tert-alkyl or cyclic N) is 1. The molecule has 38 heavy (non-hydrogen) atoms. The molecule has 0 aliphatic carbocycles. The minimum absolute atomic E-state index is 0.00446. The number of likely N-dealkylation sites (tertiary alicyclic amines) is 1. The maximum atomic E-state index is 13.9. The summed E-state index contributed by atoms with van der Waals surface area (Å²) < 4.78 is 5.51. The van der Waals surface area contributed by atoms with E-state index in [9.17, 15) is 9.90 Å². The Morgan fingerprint density at radius 1 is 1.29 bits per heavy atom. The lowest BCUT2D eigenvalue weighted by Gasteiger charge is -2.35. The minimum atomic E-state index is -0.624. The van der Waals surface area contributed by atoms with E-state index < -0.39 is 17.7 Å². The predicted molar refractivity (Wildman–Crippen MR) is 148 cm³/mol. The van der Waals surface area contributed by atoms with Crippen LogP contribution in [0, 0.1) is 19.8 Å². The number of hydrogen-bond donors (Lipinski definition) is 2. The van der Waals surface area contributed by atoms with E-state index in [0.717, 1.165) is 22.5 Å². The number of hydrogen-bond acceptors (Lipinski definition) is 9. The zero-order valence-corrected chi connectivity index (χ0v) is 23.6. The third-order valence-corrected chi connectivity index (χ3v) is 8.61. The number of aromatic nitrogens is 2. The van der Waals surface area contributed by atoms with Gasteiger partial charge >= 0.3 is 0 Å². The molecule has 0 saturated carbocycles. The second-order valence-electron chi connectivity index (χ2n) is 10.7. The van der Waals surface area contributed by atoms with Crippen molar-refractivity contribution >= 4 is 23.1 Å². The summed E-state index contributed by atoms with van der Waals surface area (Å²) in [4.78, 5) is 21.2. The lowest BCUT2D eigenvalue weighted by Crippen LogP contribution is -2.52. The zero-order chi connectivity index (χ0) is 27.2. The van der Waals surface area contributed by atoms with Gasteiger partial charge in [-0.3, -0.25) is 9.80 Å². The number of nitrogens with one attached hydrogen (secondary N) is 1. The summed E-state index contributed by atoms with van der Waals surface area (Å²) in [6.07, 6.45) is -0.198. The number of benzene rings is 1. The van der Waals surface area contributed by atoms with Crippen molar-refractivity contribution in [1.29, 1.82) is 0 Å². The Morgan fingerprint density at radius 3 is 2.61 bits per heavy atom. The zero-order valence-electron chi connectivity index (χ0n) is 22.8. The Balaban J connectivity index is 1.41. The molecule has 2 N–H and O–H groups in total. The van der Waals surface area contributed by atoms with Gasteiger partial charge in [-0.05, 0) is 44.7 Å². The van der Waals surface area contributed by atoms with Crippen LogP contribution in [0.5, 0.6) is 0 Å². The molecule has 2 aliphatic rings. The van der Waals surface area contributed by atoms with Gasteiger partial charge in [0.1, 0.15) is 17.5 Å². The van der Waals surface area contributed by atoms with Gasteiger partial charge in [-0.1, -0.05) is 43.3 Å². The first kappa shape index (κ1) is 26.4. The van der Waals surface area contributed by atoms with Crippen LogP contribution in [-0.2, 0) is 10.5 Å². The molecule has 1 fully saturated rings. The fraction of sp³-hybridized carbons (Fsp3) is 0.500.